The highest BCUT2D eigenvalue weighted by Gasteiger charge is 2.09. The molecule has 0 aromatic carbocycles. The highest BCUT2D eigenvalue weighted by atomic mass is 35.5. The summed E-state index contributed by atoms with van der Waals surface area (Å²) in [5, 5.41) is 3.14. The van der Waals surface area contributed by atoms with Crippen LogP contribution in [-0.2, 0) is 0 Å². The summed E-state index contributed by atoms with van der Waals surface area (Å²) in [5.41, 5.74) is 0.439. The first-order chi connectivity index (χ1) is 6.63. The molecule has 0 aliphatic heterocycles. The Hall–Kier alpha value is -0.800. The summed E-state index contributed by atoms with van der Waals surface area (Å²) >= 11 is 11.2. The Bertz CT molecular complexity index is 330. The smallest absolute Gasteiger partial charge is 0.253 e. The van der Waals surface area contributed by atoms with E-state index in [0.717, 1.165) is 0 Å². The van der Waals surface area contributed by atoms with Crippen LogP contribution in [0.3, 0.4) is 0 Å². The molecule has 0 saturated carbocycles. The van der Waals surface area contributed by atoms with Gasteiger partial charge in [-0.2, -0.15) is 0 Å². The third-order valence-electron chi connectivity index (χ3n) is 1.58. The molecule has 1 aromatic rings. The van der Waals surface area contributed by atoms with Crippen molar-refractivity contribution in [2.45, 2.75) is 13.0 Å². The summed E-state index contributed by atoms with van der Waals surface area (Å²) in [5.74, 6) is 0.160. The number of hydrogen-bond acceptors (Lipinski definition) is 2. The summed E-state index contributed by atoms with van der Waals surface area (Å²) in [6.07, 6.45) is 2.94. The van der Waals surface area contributed by atoms with Gasteiger partial charge >= 0.3 is 0 Å². The number of nitrogens with one attached hydrogen (secondary N) is 1. The SMILES string of the molecule is CC(CCl)NC(=O)c1cncc(Cl)c1. The number of halogens is 2. The molecule has 1 unspecified atom stereocenters. The first-order valence-electron chi connectivity index (χ1n) is 4.11. The summed E-state index contributed by atoms with van der Waals surface area (Å²) in [6.45, 7) is 1.82. The first-order valence-corrected chi connectivity index (χ1v) is 5.02. The molecule has 0 radical (unpaired) electrons. The van der Waals surface area contributed by atoms with E-state index in [-0.39, 0.29) is 11.9 Å². The van der Waals surface area contributed by atoms with E-state index in [9.17, 15) is 4.79 Å². The molecule has 5 heteroatoms. The predicted octanol–water partition coefficient (Wildman–Crippen LogP) is 2.09. The average Bonchev–Trinajstić information content (AvgIpc) is 2.17. The van der Waals surface area contributed by atoms with Gasteiger partial charge in [-0.15, -0.1) is 11.6 Å². The Morgan fingerprint density at radius 2 is 2.36 bits per heavy atom. The number of rotatable bonds is 3. The van der Waals surface area contributed by atoms with E-state index in [1.165, 1.54) is 12.4 Å². The van der Waals surface area contributed by atoms with Gasteiger partial charge in [-0.1, -0.05) is 11.6 Å². The van der Waals surface area contributed by atoms with Gasteiger partial charge < -0.3 is 5.32 Å². The summed E-state index contributed by atoms with van der Waals surface area (Å²) < 4.78 is 0. The van der Waals surface area contributed by atoms with E-state index in [1.54, 1.807) is 6.07 Å². The second kappa shape index (κ2) is 5.17. The van der Waals surface area contributed by atoms with Crippen molar-refractivity contribution in [2.24, 2.45) is 0 Å². The zero-order valence-electron chi connectivity index (χ0n) is 7.63. The molecule has 0 fully saturated rings. The molecule has 0 saturated heterocycles. The maximum atomic E-state index is 11.5. The van der Waals surface area contributed by atoms with Crippen LogP contribution in [0.2, 0.25) is 5.02 Å². The molecule has 3 nitrogen and oxygen atoms in total. The molecule has 1 amide bonds. The average molecular weight is 233 g/mol. The maximum Gasteiger partial charge on any atom is 0.253 e. The number of alkyl halides is 1. The van der Waals surface area contributed by atoms with Crippen molar-refractivity contribution in [3.8, 4) is 0 Å². The Balaban J connectivity index is 2.70. The van der Waals surface area contributed by atoms with Crippen LogP contribution in [0.15, 0.2) is 18.5 Å². The molecule has 14 heavy (non-hydrogen) atoms. The van der Waals surface area contributed by atoms with E-state index in [2.05, 4.69) is 10.3 Å². The van der Waals surface area contributed by atoms with Crippen LogP contribution in [0.4, 0.5) is 0 Å². The Morgan fingerprint density at radius 3 is 2.93 bits per heavy atom. The lowest BCUT2D eigenvalue weighted by atomic mass is 10.2. The maximum absolute atomic E-state index is 11.5. The van der Waals surface area contributed by atoms with Crippen LogP contribution in [0.1, 0.15) is 17.3 Å². The van der Waals surface area contributed by atoms with E-state index < -0.39 is 0 Å². The lowest BCUT2D eigenvalue weighted by molar-refractivity contribution is 0.0943. The lowest BCUT2D eigenvalue weighted by Crippen LogP contribution is -2.33. The Labute approximate surface area is 92.4 Å². The molecule has 0 bridgehead atoms. The molecular weight excluding hydrogens is 223 g/mol. The monoisotopic (exact) mass is 232 g/mol. The van der Waals surface area contributed by atoms with Crippen molar-refractivity contribution in [3.05, 3.63) is 29.0 Å². The molecule has 0 aliphatic carbocycles. The van der Waals surface area contributed by atoms with Gasteiger partial charge in [0.1, 0.15) is 0 Å². The molecule has 0 spiro atoms. The number of carbonyl (C=O) groups is 1. The number of aromatic nitrogens is 1. The fourth-order valence-electron chi connectivity index (χ4n) is 0.882. The fraction of sp³-hybridized carbons (Fsp3) is 0.333. The molecular formula is C9H10Cl2N2O. The highest BCUT2D eigenvalue weighted by molar-refractivity contribution is 6.30. The fourth-order valence-corrected chi connectivity index (χ4v) is 1.13. The number of amides is 1. The first kappa shape index (κ1) is 11.3. The minimum Gasteiger partial charge on any atom is -0.348 e. The third-order valence-corrected chi connectivity index (χ3v) is 2.25. The van der Waals surface area contributed by atoms with Gasteiger partial charge in [0.25, 0.3) is 5.91 Å². The molecule has 1 atom stereocenters. The number of carbonyl (C=O) groups excluding carboxylic acids is 1. The van der Waals surface area contributed by atoms with Crippen LogP contribution in [0, 0.1) is 0 Å². The Morgan fingerprint density at radius 1 is 1.64 bits per heavy atom. The lowest BCUT2D eigenvalue weighted by Gasteiger charge is -2.09. The van der Waals surface area contributed by atoms with Crippen molar-refractivity contribution in [3.63, 3.8) is 0 Å². The van der Waals surface area contributed by atoms with Crippen LogP contribution < -0.4 is 5.32 Å². The van der Waals surface area contributed by atoms with Gasteiger partial charge in [-0.3, -0.25) is 9.78 Å². The second-order valence-electron chi connectivity index (χ2n) is 2.92. The molecule has 1 N–H and O–H groups in total. The summed E-state index contributed by atoms with van der Waals surface area (Å²) in [4.78, 5) is 15.3. The predicted molar refractivity (Wildman–Crippen MR) is 56.9 cm³/mol. The molecule has 0 aliphatic rings. The van der Waals surface area contributed by atoms with E-state index in [1.807, 2.05) is 6.92 Å². The van der Waals surface area contributed by atoms with Crippen LogP contribution in [-0.4, -0.2) is 22.8 Å². The van der Waals surface area contributed by atoms with E-state index in [4.69, 9.17) is 23.2 Å². The van der Waals surface area contributed by atoms with Crippen LogP contribution >= 0.6 is 23.2 Å². The highest BCUT2D eigenvalue weighted by Crippen LogP contribution is 2.08. The van der Waals surface area contributed by atoms with Crippen molar-refractivity contribution in [2.75, 3.05) is 5.88 Å². The van der Waals surface area contributed by atoms with Crippen molar-refractivity contribution in [1.82, 2.24) is 10.3 Å². The molecule has 76 valence electrons. The third kappa shape index (κ3) is 3.16. The van der Waals surface area contributed by atoms with Gasteiger partial charge in [-0.05, 0) is 13.0 Å². The van der Waals surface area contributed by atoms with Crippen molar-refractivity contribution >= 4 is 29.1 Å². The number of nitrogens with zero attached hydrogens (tertiary/aromatic N) is 1. The minimum atomic E-state index is -0.215. The van der Waals surface area contributed by atoms with Crippen LogP contribution in [0.5, 0.6) is 0 Å². The van der Waals surface area contributed by atoms with E-state index >= 15 is 0 Å². The van der Waals surface area contributed by atoms with Crippen LogP contribution in [0.25, 0.3) is 0 Å². The van der Waals surface area contributed by atoms with Gasteiger partial charge in [-0.25, -0.2) is 0 Å². The van der Waals surface area contributed by atoms with Gasteiger partial charge in [0.05, 0.1) is 10.6 Å². The van der Waals surface area contributed by atoms with Gasteiger partial charge in [0.15, 0.2) is 0 Å². The largest absolute Gasteiger partial charge is 0.348 e. The minimum absolute atomic E-state index is 0.0665. The molecule has 1 aromatic heterocycles. The zero-order chi connectivity index (χ0) is 10.6. The zero-order valence-corrected chi connectivity index (χ0v) is 9.14. The summed E-state index contributed by atoms with van der Waals surface area (Å²) in [6, 6.07) is 1.49. The normalized spacial score (nSPS) is 12.2. The quantitative estimate of drug-likeness (QED) is 0.812. The van der Waals surface area contributed by atoms with Gasteiger partial charge in [0, 0.05) is 24.3 Å². The number of hydrogen-bond donors (Lipinski definition) is 1. The Kier molecular flexibility index (Phi) is 4.17. The van der Waals surface area contributed by atoms with Gasteiger partial charge in [0.2, 0.25) is 0 Å². The van der Waals surface area contributed by atoms with Crippen molar-refractivity contribution < 1.29 is 4.79 Å². The molecule has 1 rings (SSSR count). The molecule has 1 heterocycles. The van der Waals surface area contributed by atoms with Crippen molar-refractivity contribution in [1.29, 1.82) is 0 Å². The van der Waals surface area contributed by atoms with E-state index in [0.29, 0.717) is 16.5 Å². The number of pyridine rings is 1. The topological polar surface area (TPSA) is 42.0 Å². The standard InChI is InChI=1S/C9H10Cl2N2O/c1-6(3-10)13-9(14)7-2-8(11)5-12-4-7/h2,4-6H,3H2,1H3,(H,13,14). The summed E-state index contributed by atoms with van der Waals surface area (Å²) in [7, 11) is 0. The second-order valence-corrected chi connectivity index (χ2v) is 3.67.